The Kier molecular flexibility index (Phi) is 5.74. The number of fused-ring (bicyclic) bond motifs is 5. The Morgan fingerprint density at radius 2 is 2.12 bits per heavy atom. The van der Waals surface area contributed by atoms with Gasteiger partial charge in [0.1, 0.15) is 11.3 Å². The largest absolute Gasteiger partial charge is 0.469 e. The maximum Gasteiger partial charge on any atom is 0.305 e. The number of methoxy groups -OCH3 is 1. The summed E-state index contributed by atoms with van der Waals surface area (Å²) >= 11 is 0. The number of hydrogen-bond acceptors (Lipinski definition) is 6. The van der Waals surface area contributed by atoms with Crippen LogP contribution in [0.4, 0.5) is 0 Å². The molecule has 180 valence electrons. The van der Waals surface area contributed by atoms with Gasteiger partial charge in [-0.3, -0.25) is 14.3 Å². The zero-order valence-corrected chi connectivity index (χ0v) is 20.1. The van der Waals surface area contributed by atoms with E-state index in [4.69, 9.17) is 4.74 Å². The van der Waals surface area contributed by atoms with Gasteiger partial charge in [-0.2, -0.15) is 0 Å². The van der Waals surface area contributed by atoms with Gasteiger partial charge in [-0.1, -0.05) is 24.6 Å². The lowest BCUT2D eigenvalue weighted by atomic mass is 9.48. The minimum Gasteiger partial charge on any atom is -0.469 e. The van der Waals surface area contributed by atoms with Crippen molar-refractivity contribution < 1.29 is 19.4 Å². The fourth-order valence-electron chi connectivity index (χ4n) is 8.11. The first-order valence-electron chi connectivity index (χ1n) is 12.7. The Balaban J connectivity index is 1.36. The van der Waals surface area contributed by atoms with Crippen molar-refractivity contribution in [3.63, 3.8) is 0 Å². The van der Waals surface area contributed by atoms with E-state index in [1.807, 2.05) is 12.3 Å². The lowest BCUT2D eigenvalue weighted by Gasteiger charge is -2.57. The van der Waals surface area contributed by atoms with Crippen molar-refractivity contribution in [1.82, 2.24) is 15.0 Å². The second-order valence-electron chi connectivity index (χ2n) is 11.3. The zero-order valence-electron chi connectivity index (χ0n) is 20.1. The highest BCUT2D eigenvalue weighted by Crippen LogP contribution is 2.68. The van der Waals surface area contributed by atoms with E-state index in [1.54, 1.807) is 4.68 Å². The van der Waals surface area contributed by atoms with Crippen LogP contribution in [0, 0.1) is 35.0 Å². The summed E-state index contributed by atoms with van der Waals surface area (Å²) in [5.74, 6) is 2.84. The topological polar surface area (TPSA) is 94.3 Å². The second-order valence-corrected chi connectivity index (χ2v) is 11.3. The number of hydrogen-bond donors (Lipinski definition) is 1. The molecule has 0 bridgehead atoms. The molecule has 3 fully saturated rings. The van der Waals surface area contributed by atoms with Gasteiger partial charge >= 0.3 is 5.97 Å². The van der Waals surface area contributed by atoms with Crippen molar-refractivity contribution in [3.05, 3.63) is 23.5 Å². The normalized spacial score (nSPS) is 39.9. The highest BCUT2D eigenvalue weighted by atomic mass is 16.5. The van der Waals surface area contributed by atoms with Gasteiger partial charge in [0.05, 0.1) is 13.3 Å². The number of aliphatic hydroxyl groups is 1. The number of allylic oxidation sites excluding steroid dienone is 1. The summed E-state index contributed by atoms with van der Waals surface area (Å²) in [5.41, 5.74) is 0.880. The first-order valence-corrected chi connectivity index (χ1v) is 12.7. The Labute approximate surface area is 196 Å². The fraction of sp³-hybridized carbons (Fsp3) is 0.769. The van der Waals surface area contributed by atoms with Crippen LogP contribution in [0.2, 0.25) is 0 Å². The molecular weight excluding hydrogens is 418 g/mol. The molecule has 4 aliphatic carbocycles. The summed E-state index contributed by atoms with van der Waals surface area (Å²) < 4.78 is 6.46. The van der Waals surface area contributed by atoms with Crippen LogP contribution in [0.5, 0.6) is 0 Å². The number of aryl methyl sites for hydroxylation is 1. The molecule has 1 aromatic rings. The summed E-state index contributed by atoms with van der Waals surface area (Å²) in [5, 5.41) is 20.8. The molecule has 0 amide bonds. The van der Waals surface area contributed by atoms with Crippen LogP contribution in [0.1, 0.15) is 77.3 Å². The number of nitrogens with zero attached hydrogens (tertiary/aromatic N) is 3. The molecule has 4 aliphatic rings. The number of aromatic nitrogens is 3. The Morgan fingerprint density at radius 1 is 1.30 bits per heavy atom. The average Bonchev–Trinajstić information content (AvgIpc) is 3.37. The lowest BCUT2D eigenvalue weighted by Crippen LogP contribution is -2.53. The molecule has 1 N–H and O–H groups in total. The number of carbonyl (C=O) groups excluding carboxylic acids is 2. The van der Waals surface area contributed by atoms with Crippen LogP contribution in [-0.4, -0.2) is 39.0 Å². The maximum absolute atomic E-state index is 12.1. The van der Waals surface area contributed by atoms with Crippen molar-refractivity contribution in [3.8, 4) is 0 Å². The van der Waals surface area contributed by atoms with Gasteiger partial charge in [0, 0.05) is 24.8 Å². The summed E-state index contributed by atoms with van der Waals surface area (Å²) in [7, 11) is 1.40. The van der Waals surface area contributed by atoms with Crippen LogP contribution < -0.4 is 0 Å². The van der Waals surface area contributed by atoms with Gasteiger partial charge in [-0.15, -0.1) is 5.10 Å². The van der Waals surface area contributed by atoms with Crippen molar-refractivity contribution >= 4 is 11.8 Å². The molecule has 1 aromatic heterocycles. The van der Waals surface area contributed by atoms with Gasteiger partial charge in [0.2, 0.25) is 0 Å². The molecule has 5 rings (SSSR count). The van der Waals surface area contributed by atoms with Crippen LogP contribution in [-0.2, 0) is 26.5 Å². The number of ether oxygens (including phenoxy) is 1. The van der Waals surface area contributed by atoms with Crippen molar-refractivity contribution in [2.45, 2.75) is 83.8 Å². The van der Waals surface area contributed by atoms with E-state index in [9.17, 15) is 14.7 Å². The summed E-state index contributed by atoms with van der Waals surface area (Å²) in [4.78, 5) is 23.4. The molecule has 33 heavy (non-hydrogen) atoms. The van der Waals surface area contributed by atoms with Gasteiger partial charge in [-0.05, 0) is 80.6 Å². The molecule has 4 unspecified atom stereocenters. The Bertz CT molecular complexity index is 970. The average molecular weight is 456 g/mol. The van der Waals surface area contributed by atoms with Gasteiger partial charge in [0.15, 0.2) is 5.78 Å². The standard InChI is InChI=1S/C26H37N3O4/c1-16-13-17-14-18(30)6-7-19(17)20-8-10-25(2)21(24(16)20)9-11-26(25,32)22-15-29(28-27-22)12-4-5-23(31)33-3/h14-16,19-21,24,32H,4-13H2,1-3H3/t16-,19?,20?,21?,24?,25+,26-/m1/s1. The van der Waals surface area contributed by atoms with Gasteiger partial charge in [-0.25, -0.2) is 0 Å². The summed E-state index contributed by atoms with van der Waals surface area (Å²) in [6.07, 6.45) is 11.4. The molecule has 1 heterocycles. The molecule has 0 radical (unpaired) electrons. The van der Waals surface area contributed by atoms with E-state index in [0.29, 0.717) is 66.9 Å². The number of esters is 1. The molecule has 0 aromatic carbocycles. The molecular formula is C26H37N3O4. The van der Waals surface area contributed by atoms with E-state index in [1.165, 1.54) is 12.7 Å². The van der Waals surface area contributed by atoms with Crippen LogP contribution in [0.3, 0.4) is 0 Å². The number of carbonyl (C=O) groups is 2. The van der Waals surface area contributed by atoms with Crippen LogP contribution in [0.15, 0.2) is 17.8 Å². The molecule has 0 spiro atoms. The van der Waals surface area contributed by atoms with E-state index < -0.39 is 5.60 Å². The van der Waals surface area contributed by atoms with Crippen molar-refractivity contribution in [2.75, 3.05) is 7.11 Å². The van der Waals surface area contributed by atoms with Crippen LogP contribution in [0.25, 0.3) is 0 Å². The third-order valence-electron chi connectivity index (χ3n) is 9.75. The highest BCUT2D eigenvalue weighted by Gasteiger charge is 2.64. The minimum absolute atomic E-state index is 0.221. The molecule has 0 aliphatic heterocycles. The third kappa shape index (κ3) is 3.58. The van der Waals surface area contributed by atoms with Crippen molar-refractivity contribution in [1.29, 1.82) is 0 Å². The molecule has 0 saturated heterocycles. The Morgan fingerprint density at radius 3 is 2.91 bits per heavy atom. The predicted octanol–water partition coefficient (Wildman–Crippen LogP) is 3.81. The number of rotatable bonds is 5. The first-order chi connectivity index (χ1) is 15.8. The van der Waals surface area contributed by atoms with Crippen molar-refractivity contribution in [2.24, 2.45) is 35.0 Å². The van der Waals surface area contributed by atoms with Crippen LogP contribution >= 0.6 is 0 Å². The second kappa shape index (κ2) is 8.33. The first kappa shape index (κ1) is 22.8. The fourth-order valence-corrected chi connectivity index (χ4v) is 8.11. The smallest absolute Gasteiger partial charge is 0.305 e. The van der Waals surface area contributed by atoms with Gasteiger partial charge in [0.25, 0.3) is 0 Å². The summed E-state index contributed by atoms with van der Waals surface area (Å²) in [6, 6.07) is 0. The molecule has 7 nitrogen and oxygen atoms in total. The zero-order chi connectivity index (χ0) is 23.4. The number of ketones is 1. The summed E-state index contributed by atoms with van der Waals surface area (Å²) in [6.45, 7) is 5.21. The molecule has 7 atom stereocenters. The maximum atomic E-state index is 12.1. The van der Waals surface area contributed by atoms with E-state index in [0.717, 1.165) is 38.5 Å². The molecule has 3 saturated carbocycles. The van der Waals surface area contributed by atoms with E-state index in [-0.39, 0.29) is 11.4 Å². The highest BCUT2D eigenvalue weighted by molar-refractivity contribution is 5.91. The quantitative estimate of drug-likeness (QED) is 0.679. The minimum atomic E-state index is -0.971. The van der Waals surface area contributed by atoms with E-state index >= 15 is 0 Å². The van der Waals surface area contributed by atoms with E-state index in [2.05, 4.69) is 24.2 Å². The lowest BCUT2D eigenvalue weighted by molar-refractivity contribution is -0.140. The SMILES string of the molecule is COC(=O)CCCn1cc([C@]2(O)CCC3C4C(CC[C@@]32C)C2CCC(=O)C=C2C[C@H]4C)nn1. The Hall–Kier alpha value is -2.02. The van der Waals surface area contributed by atoms with Gasteiger partial charge < -0.3 is 9.84 Å². The third-order valence-corrected chi connectivity index (χ3v) is 9.75. The predicted molar refractivity (Wildman–Crippen MR) is 122 cm³/mol. The molecule has 7 heteroatoms. The monoisotopic (exact) mass is 455 g/mol.